The summed E-state index contributed by atoms with van der Waals surface area (Å²) in [5.41, 5.74) is 0.920. The predicted octanol–water partition coefficient (Wildman–Crippen LogP) is 3.03. The second-order valence-corrected chi connectivity index (χ2v) is 8.94. The number of hydrogen-bond acceptors (Lipinski definition) is 7. The van der Waals surface area contributed by atoms with E-state index in [-0.39, 0.29) is 10.6 Å². The van der Waals surface area contributed by atoms with Gasteiger partial charge in [0.05, 0.1) is 24.8 Å². The summed E-state index contributed by atoms with van der Waals surface area (Å²) in [6.07, 6.45) is 1.56. The minimum Gasteiger partial charge on any atom is -0.493 e. The monoisotopic (exact) mass is 435 g/mol. The van der Waals surface area contributed by atoms with Gasteiger partial charge in [-0.3, -0.25) is 10.1 Å². The van der Waals surface area contributed by atoms with Crippen LogP contribution in [0.1, 0.15) is 18.4 Å². The van der Waals surface area contributed by atoms with Crippen molar-refractivity contribution >= 4 is 21.4 Å². The quantitative estimate of drug-likeness (QED) is 0.464. The molecule has 1 aliphatic rings. The van der Waals surface area contributed by atoms with Crippen LogP contribution in [0.4, 0.5) is 11.4 Å². The minimum absolute atomic E-state index is 0.0667. The molecular weight excluding hydrogens is 410 g/mol. The summed E-state index contributed by atoms with van der Waals surface area (Å²) in [4.78, 5) is 12.4. The number of nitrogens with zero attached hydrogens (tertiary/aromatic N) is 3. The fourth-order valence-corrected chi connectivity index (χ4v) is 5.40. The maximum atomic E-state index is 13.2. The lowest BCUT2D eigenvalue weighted by molar-refractivity contribution is -0.385. The van der Waals surface area contributed by atoms with Gasteiger partial charge >= 0.3 is 0 Å². The first-order valence-electron chi connectivity index (χ1n) is 9.49. The SMILES string of the molecule is COc1cccc(CN(C)c2ccc([N+](=O)[O-])cc2S(=O)(=O)N2CCCC2)c1OC. The van der Waals surface area contributed by atoms with E-state index in [1.807, 2.05) is 12.1 Å². The van der Waals surface area contributed by atoms with E-state index in [1.54, 1.807) is 25.1 Å². The van der Waals surface area contributed by atoms with Crippen molar-refractivity contribution < 1.29 is 22.8 Å². The van der Waals surface area contributed by atoms with Gasteiger partial charge in [-0.05, 0) is 25.0 Å². The number of hydrogen-bond donors (Lipinski definition) is 0. The van der Waals surface area contributed by atoms with Crippen molar-refractivity contribution in [2.75, 3.05) is 39.3 Å². The highest BCUT2D eigenvalue weighted by Crippen LogP contribution is 2.36. The lowest BCUT2D eigenvalue weighted by Gasteiger charge is -2.25. The Morgan fingerprint density at radius 1 is 1.13 bits per heavy atom. The number of benzene rings is 2. The van der Waals surface area contributed by atoms with Crippen LogP contribution in [0.15, 0.2) is 41.3 Å². The molecule has 0 aliphatic carbocycles. The van der Waals surface area contributed by atoms with Gasteiger partial charge in [-0.2, -0.15) is 4.31 Å². The highest BCUT2D eigenvalue weighted by molar-refractivity contribution is 7.89. The Balaban J connectivity index is 2.04. The van der Waals surface area contributed by atoms with Crippen LogP contribution in [0.2, 0.25) is 0 Å². The second kappa shape index (κ2) is 8.88. The number of nitro benzene ring substituents is 1. The molecule has 0 atom stereocenters. The number of para-hydroxylation sites is 1. The van der Waals surface area contributed by atoms with Crippen molar-refractivity contribution in [3.05, 3.63) is 52.1 Å². The molecule has 10 heteroatoms. The standard InChI is InChI=1S/C20H25N3O6S/c1-21(14-15-7-6-8-18(28-2)20(15)29-3)17-10-9-16(23(24)25)13-19(17)30(26,27)22-11-4-5-12-22/h6-10,13H,4-5,11-12,14H2,1-3H3. The van der Waals surface area contributed by atoms with Crippen LogP contribution >= 0.6 is 0 Å². The number of rotatable bonds is 8. The molecule has 0 aromatic heterocycles. The molecular formula is C20H25N3O6S. The average Bonchev–Trinajstić information content (AvgIpc) is 3.28. The van der Waals surface area contributed by atoms with E-state index in [1.165, 1.54) is 23.5 Å². The van der Waals surface area contributed by atoms with Gasteiger partial charge in [0.15, 0.2) is 11.5 Å². The van der Waals surface area contributed by atoms with Crippen LogP contribution in [0.25, 0.3) is 0 Å². The largest absolute Gasteiger partial charge is 0.493 e. The third-order valence-corrected chi connectivity index (χ3v) is 7.07. The van der Waals surface area contributed by atoms with E-state index in [0.29, 0.717) is 36.8 Å². The fourth-order valence-electron chi connectivity index (χ4n) is 3.62. The third kappa shape index (κ3) is 4.19. The zero-order chi connectivity index (χ0) is 21.9. The van der Waals surface area contributed by atoms with Gasteiger partial charge in [-0.25, -0.2) is 8.42 Å². The minimum atomic E-state index is -3.86. The first kappa shape index (κ1) is 21.8. The molecule has 0 amide bonds. The van der Waals surface area contributed by atoms with E-state index in [4.69, 9.17) is 9.47 Å². The summed E-state index contributed by atoms with van der Waals surface area (Å²) >= 11 is 0. The van der Waals surface area contributed by atoms with Crippen molar-refractivity contribution in [3.63, 3.8) is 0 Å². The number of non-ortho nitro benzene ring substituents is 1. The fraction of sp³-hybridized carbons (Fsp3) is 0.400. The Morgan fingerprint density at radius 3 is 2.43 bits per heavy atom. The zero-order valence-corrected chi connectivity index (χ0v) is 18.0. The van der Waals surface area contributed by atoms with Crippen molar-refractivity contribution in [2.24, 2.45) is 0 Å². The normalized spacial score (nSPS) is 14.5. The number of ether oxygens (including phenoxy) is 2. The lowest BCUT2D eigenvalue weighted by Crippen LogP contribution is -2.30. The van der Waals surface area contributed by atoms with E-state index in [0.717, 1.165) is 24.5 Å². The molecule has 0 bridgehead atoms. The second-order valence-electron chi connectivity index (χ2n) is 7.03. The molecule has 2 aromatic carbocycles. The van der Waals surface area contributed by atoms with Gasteiger partial charge in [0.25, 0.3) is 5.69 Å². The van der Waals surface area contributed by atoms with Gasteiger partial charge in [-0.1, -0.05) is 12.1 Å². The highest BCUT2D eigenvalue weighted by Gasteiger charge is 2.32. The Labute approximate surface area is 176 Å². The average molecular weight is 436 g/mol. The molecule has 30 heavy (non-hydrogen) atoms. The van der Waals surface area contributed by atoms with Crippen LogP contribution in [-0.2, 0) is 16.6 Å². The van der Waals surface area contributed by atoms with Gasteiger partial charge in [0.1, 0.15) is 4.90 Å². The first-order chi connectivity index (χ1) is 14.3. The van der Waals surface area contributed by atoms with Crippen LogP contribution in [0.5, 0.6) is 11.5 Å². The van der Waals surface area contributed by atoms with Gasteiger partial charge in [-0.15, -0.1) is 0 Å². The van der Waals surface area contributed by atoms with E-state index >= 15 is 0 Å². The third-order valence-electron chi connectivity index (χ3n) is 5.14. The molecule has 1 heterocycles. The van der Waals surface area contributed by atoms with Gasteiger partial charge in [0, 0.05) is 44.4 Å². The molecule has 0 saturated carbocycles. The molecule has 0 radical (unpaired) electrons. The van der Waals surface area contributed by atoms with Crippen molar-refractivity contribution in [1.82, 2.24) is 4.31 Å². The molecule has 1 saturated heterocycles. The van der Waals surface area contributed by atoms with Crippen molar-refractivity contribution in [3.8, 4) is 11.5 Å². The summed E-state index contributed by atoms with van der Waals surface area (Å²) in [6.45, 7) is 1.15. The number of anilines is 1. The molecule has 0 unspecified atom stereocenters. The van der Waals surface area contributed by atoms with E-state index < -0.39 is 14.9 Å². The maximum absolute atomic E-state index is 13.2. The Bertz CT molecular complexity index is 1030. The number of methoxy groups -OCH3 is 2. The van der Waals surface area contributed by atoms with Gasteiger partial charge < -0.3 is 14.4 Å². The molecule has 2 aromatic rings. The smallest absolute Gasteiger partial charge is 0.270 e. The van der Waals surface area contributed by atoms with Crippen molar-refractivity contribution in [2.45, 2.75) is 24.3 Å². The molecule has 162 valence electrons. The number of nitro groups is 1. The molecule has 1 fully saturated rings. The zero-order valence-electron chi connectivity index (χ0n) is 17.2. The Morgan fingerprint density at radius 2 is 1.83 bits per heavy atom. The predicted molar refractivity (Wildman–Crippen MR) is 113 cm³/mol. The van der Waals surface area contributed by atoms with Crippen molar-refractivity contribution in [1.29, 1.82) is 0 Å². The summed E-state index contributed by atoms with van der Waals surface area (Å²) in [5.74, 6) is 1.12. The van der Waals surface area contributed by atoms with Crippen LogP contribution in [0, 0.1) is 10.1 Å². The van der Waals surface area contributed by atoms with E-state index in [9.17, 15) is 18.5 Å². The first-order valence-corrected chi connectivity index (χ1v) is 10.9. The number of sulfonamides is 1. The summed E-state index contributed by atoms with van der Waals surface area (Å²) in [6, 6.07) is 9.39. The molecule has 0 N–H and O–H groups in total. The lowest BCUT2D eigenvalue weighted by atomic mass is 10.1. The Kier molecular flexibility index (Phi) is 6.47. The van der Waals surface area contributed by atoms with Crippen LogP contribution < -0.4 is 14.4 Å². The maximum Gasteiger partial charge on any atom is 0.270 e. The topological polar surface area (TPSA) is 102 Å². The summed E-state index contributed by atoms with van der Waals surface area (Å²) in [7, 11) is 0.962. The van der Waals surface area contributed by atoms with E-state index in [2.05, 4.69) is 0 Å². The summed E-state index contributed by atoms with van der Waals surface area (Å²) < 4.78 is 38.7. The highest BCUT2D eigenvalue weighted by atomic mass is 32.2. The summed E-state index contributed by atoms with van der Waals surface area (Å²) in [5, 5.41) is 11.3. The van der Waals surface area contributed by atoms with Crippen LogP contribution in [0.3, 0.4) is 0 Å². The van der Waals surface area contributed by atoms with Gasteiger partial charge in [0.2, 0.25) is 10.0 Å². The molecule has 0 spiro atoms. The van der Waals surface area contributed by atoms with Crippen LogP contribution in [-0.4, -0.2) is 52.0 Å². The Hall–Kier alpha value is -2.85. The molecule has 9 nitrogen and oxygen atoms in total. The molecule has 1 aliphatic heterocycles. The molecule has 3 rings (SSSR count).